The molecule has 31 heavy (non-hydrogen) atoms. The average molecular weight is 517 g/mol. The van der Waals surface area contributed by atoms with Crippen LogP contribution >= 0.6 is 39.9 Å². The Morgan fingerprint density at radius 1 is 1.29 bits per heavy atom. The van der Waals surface area contributed by atoms with E-state index in [1.54, 1.807) is 24.3 Å². The fourth-order valence-corrected chi connectivity index (χ4v) is 5.03. The summed E-state index contributed by atoms with van der Waals surface area (Å²) in [6.45, 7) is 7.80. The van der Waals surface area contributed by atoms with Crippen LogP contribution in [0.2, 0.25) is 0 Å². The van der Waals surface area contributed by atoms with E-state index in [4.69, 9.17) is 17.0 Å². The minimum atomic E-state index is -0.246. The molecule has 1 fully saturated rings. The summed E-state index contributed by atoms with van der Waals surface area (Å²) in [6, 6.07) is 11.1. The van der Waals surface area contributed by atoms with Crippen molar-refractivity contribution in [2.45, 2.75) is 13.8 Å². The monoisotopic (exact) mass is 516 g/mol. The van der Waals surface area contributed by atoms with E-state index in [1.165, 1.54) is 16.7 Å². The number of hydrogen-bond donors (Lipinski definition) is 1. The summed E-state index contributed by atoms with van der Waals surface area (Å²) in [4.78, 5) is 26.9. The second-order valence-corrected chi connectivity index (χ2v) is 9.50. The highest BCUT2D eigenvalue weighted by Crippen LogP contribution is 2.33. The van der Waals surface area contributed by atoms with E-state index in [0.717, 1.165) is 26.9 Å². The van der Waals surface area contributed by atoms with Gasteiger partial charge in [0.2, 0.25) is 0 Å². The molecule has 5 nitrogen and oxygen atoms in total. The summed E-state index contributed by atoms with van der Waals surface area (Å²) in [5.74, 6) is 0.153. The van der Waals surface area contributed by atoms with E-state index in [0.29, 0.717) is 21.5 Å². The van der Waals surface area contributed by atoms with Crippen LogP contribution in [0.25, 0.3) is 6.08 Å². The van der Waals surface area contributed by atoms with E-state index in [9.17, 15) is 9.59 Å². The summed E-state index contributed by atoms with van der Waals surface area (Å²) in [5, 5.41) is 2.90. The lowest BCUT2D eigenvalue weighted by Gasteiger charge is -2.13. The molecule has 0 radical (unpaired) electrons. The van der Waals surface area contributed by atoms with Crippen LogP contribution in [0.5, 0.6) is 5.75 Å². The first-order chi connectivity index (χ1) is 14.8. The van der Waals surface area contributed by atoms with Crippen molar-refractivity contribution >= 4 is 67.8 Å². The number of aryl methyl sites for hydroxylation is 2. The van der Waals surface area contributed by atoms with Gasteiger partial charge in [-0.25, -0.2) is 0 Å². The van der Waals surface area contributed by atoms with Crippen LogP contribution in [-0.4, -0.2) is 34.2 Å². The largest absolute Gasteiger partial charge is 0.484 e. The zero-order valence-corrected chi connectivity index (χ0v) is 20.3. The molecule has 2 aromatic rings. The van der Waals surface area contributed by atoms with Gasteiger partial charge in [0.25, 0.3) is 11.8 Å². The second kappa shape index (κ2) is 10.3. The van der Waals surface area contributed by atoms with Gasteiger partial charge in [-0.15, -0.1) is 6.58 Å². The van der Waals surface area contributed by atoms with Gasteiger partial charge >= 0.3 is 0 Å². The van der Waals surface area contributed by atoms with Crippen LogP contribution in [0.3, 0.4) is 0 Å². The first kappa shape index (κ1) is 23.2. The minimum Gasteiger partial charge on any atom is -0.484 e. The summed E-state index contributed by atoms with van der Waals surface area (Å²) in [7, 11) is 0. The second-order valence-electron chi connectivity index (χ2n) is 6.90. The van der Waals surface area contributed by atoms with Crippen LogP contribution in [-0.2, 0) is 9.59 Å². The number of nitrogens with one attached hydrogen (secondary N) is 1. The quantitative estimate of drug-likeness (QED) is 0.300. The third-order valence-corrected chi connectivity index (χ3v) is 6.31. The van der Waals surface area contributed by atoms with Gasteiger partial charge in [0.1, 0.15) is 10.1 Å². The lowest BCUT2D eigenvalue weighted by molar-refractivity contribution is -0.121. The van der Waals surface area contributed by atoms with Crippen molar-refractivity contribution in [3.05, 3.63) is 75.1 Å². The molecule has 160 valence electrons. The van der Waals surface area contributed by atoms with E-state index in [2.05, 4.69) is 27.8 Å². The minimum absolute atomic E-state index is 0.125. The fraction of sp³-hybridized carbons (Fsp3) is 0.174. The van der Waals surface area contributed by atoms with Crippen LogP contribution in [0.4, 0.5) is 5.69 Å². The van der Waals surface area contributed by atoms with Gasteiger partial charge in [-0.1, -0.05) is 58.1 Å². The Balaban J connectivity index is 1.65. The maximum absolute atomic E-state index is 12.5. The van der Waals surface area contributed by atoms with Crippen molar-refractivity contribution < 1.29 is 14.3 Å². The molecule has 0 bridgehead atoms. The van der Waals surface area contributed by atoms with Gasteiger partial charge in [0, 0.05) is 16.7 Å². The van der Waals surface area contributed by atoms with Gasteiger partial charge in [0.05, 0.1) is 4.91 Å². The Labute approximate surface area is 199 Å². The highest BCUT2D eigenvalue weighted by molar-refractivity contribution is 9.10. The van der Waals surface area contributed by atoms with Crippen LogP contribution in [0, 0.1) is 13.8 Å². The summed E-state index contributed by atoms with van der Waals surface area (Å²) in [6.07, 6.45) is 3.41. The highest BCUT2D eigenvalue weighted by atomic mass is 79.9. The van der Waals surface area contributed by atoms with Crippen LogP contribution in [0.15, 0.2) is 58.4 Å². The standard InChI is InChI=1S/C23H21BrN2O3S2/c1-4-8-26-22(28)19(31-23(26)30)12-16-6-5-7-18(11-16)29-13-20(27)25-21-14(2)9-17(24)10-15(21)3/h4-7,9-12H,1,8,13H2,2-3H3,(H,25,27)/b19-12-. The number of halogens is 1. The third-order valence-electron chi connectivity index (χ3n) is 4.47. The molecule has 0 unspecified atom stereocenters. The van der Waals surface area contributed by atoms with Gasteiger partial charge in [-0.2, -0.15) is 0 Å². The van der Waals surface area contributed by atoms with Gasteiger partial charge in [-0.3, -0.25) is 14.5 Å². The molecule has 1 saturated heterocycles. The molecule has 0 aromatic heterocycles. The normalized spacial score (nSPS) is 14.8. The molecule has 2 amide bonds. The molecule has 2 aromatic carbocycles. The Morgan fingerprint density at radius 3 is 2.68 bits per heavy atom. The molecule has 0 saturated carbocycles. The van der Waals surface area contributed by atoms with Gasteiger partial charge in [-0.05, 0) is 60.9 Å². The zero-order valence-electron chi connectivity index (χ0n) is 17.1. The zero-order chi connectivity index (χ0) is 22.5. The predicted molar refractivity (Wildman–Crippen MR) is 134 cm³/mol. The molecular formula is C23H21BrN2O3S2. The van der Waals surface area contributed by atoms with E-state index < -0.39 is 0 Å². The van der Waals surface area contributed by atoms with Crippen LogP contribution < -0.4 is 10.1 Å². The number of thioether (sulfide) groups is 1. The van der Waals surface area contributed by atoms with E-state index >= 15 is 0 Å². The Morgan fingerprint density at radius 2 is 2.00 bits per heavy atom. The molecule has 0 atom stereocenters. The highest BCUT2D eigenvalue weighted by Gasteiger charge is 2.30. The Kier molecular flexibility index (Phi) is 7.69. The maximum atomic E-state index is 12.5. The van der Waals surface area contributed by atoms with Crippen molar-refractivity contribution in [3.8, 4) is 5.75 Å². The van der Waals surface area contributed by atoms with Crippen molar-refractivity contribution in [3.63, 3.8) is 0 Å². The number of nitrogens with zero attached hydrogens (tertiary/aromatic N) is 1. The predicted octanol–water partition coefficient (Wildman–Crippen LogP) is 5.47. The lowest BCUT2D eigenvalue weighted by atomic mass is 10.1. The summed E-state index contributed by atoms with van der Waals surface area (Å²) < 4.78 is 7.14. The number of amides is 2. The lowest BCUT2D eigenvalue weighted by Crippen LogP contribution is -2.27. The number of thiocarbonyl (C=S) groups is 1. The average Bonchev–Trinajstić information content (AvgIpc) is 2.97. The molecule has 1 N–H and O–H groups in total. The van der Waals surface area contributed by atoms with Gasteiger partial charge in [0.15, 0.2) is 6.61 Å². The van der Waals surface area contributed by atoms with E-state index in [1.807, 2.05) is 38.1 Å². The molecule has 8 heteroatoms. The maximum Gasteiger partial charge on any atom is 0.266 e. The number of rotatable bonds is 7. The Hall–Kier alpha value is -2.42. The number of benzene rings is 2. The van der Waals surface area contributed by atoms with Crippen molar-refractivity contribution in [1.82, 2.24) is 4.90 Å². The molecule has 1 aliphatic rings. The third kappa shape index (κ3) is 5.84. The molecule has 1 heterocycles. The van der Waals surface area contributed by atoms with Crippen molar-refractivity contribution in [1.29, 1.82) is 0 Å². The fourth-order valence-electron chi connectivity index (χ4n) is 3.06. The van der Waals surface area contributed by atoms with E-state index in [-0.39, 0.29) is 18.4 Å². The molecule has 3 rings (SSSR count). The number of ether oxygens (including phenoxy) is 1. The Bertz CT molecular complexity index is 1070. The number of anilines is 1. The molecule has 0 aliphatic carbocycles. The first-order valence-corrected chi connectivity index (χ1v) is 11.5. The van der Waals surface area contributed by atoms with Gasteiger partial charge < -0.3 is 10.1 Å². The number of hydrogen-bond acceptors (Lipinski definition) is 5. The molecule has 0 spiro atoms. The topological polar surface area (TPSA) is 58.6 Å². The SMILES string of the molecule is C=CCN1C(=O)/C(=C/c2cccc(OCC(=O)Nc3c(C)cc(Br)cc3C)c2)SC1=S. The molecular weight excluding hydrogens is 496 g/mol. The van der Waals surface area contributed by atoms with Crippen molar-refractivity contribution in [2.24, 2.45) is 0 Å². The first-order valence-electron chi connectivity index (χ1n) is 9.44. The van der Waals surface area contributed by atoms with Crippen LogP contribution in [0.1, 0.15) is 16.7 Å². The number of carbonyl (C=O) groups is 2. The summed E-state index contributed by atoms with van der Waals surface area (Å²) >= 11 is 9.97. The van der Waals surface area contributed by atoms with Crippen molar-refractivity contribution in [2.75, 3.05) is 18.5 Å². The smallest absolute Gasteiger partial charge is 0.266 e. The molecule has 1 aliphatic heterocycles. The summed E-state index contributed by atoms with van der Waals surface area (Å²) in [5.41, 5.74) is 3.51. The number of carbonyl (C=O) groups excluding carboxylic acids is 2.